The van der Waals surface area contributed by atoms with Crippen LogP contribution in [-0.4, -0.2) is 25.0 Å². The molecule has 0 bridgehead atoms. The molecule has 0 radical (unpaired) electrons. The van der Waals surface area contributed by atoms with E-state index in [0.29, 0.717) is 12.2 Å². The van der Waals surface area contributed by atoms with Crippen LogP contribution in [-0.2, 0) is 16.0 Å². The number of ether oxygens (including phenoxy) is 2. The third-order valence-electron chi connectivity index (χ3n) is 5.03. The van der Waals surface area contributed by atoms with E-state index in [9.17, 15) is 9.59 Å². The third kappa shape index (κ3) is 3.10. The molecule has 128 valence electrons. The van der Waals surface area contributed by atoms with Crippen LogP contribution in [0.1, 0.15) is 43.6 Å². The standard InChI is InChI=1S/C20H24O4/c1-12(2)9-15-18(20(15,3)4)19(22)24-11-16(21)13-5-6-17-14(10-13)7-8-23-17/h5-6,9-10,15,18H,7-8,11H2,1-4H3. The van der Waals surface area contributed by atoms with Gasteiger partial charge < -0.3 is 9.47 Å². The molecule has 0 saturated heterocycles. The summed E-state index contributed by atoms with van der Waals surface area (Å²) in [4.78, 5) is 24.6. The van der Waals surface area contributed by atoms with Gasteiger partial charge in [0.05, 0.1) is 12.5 Å². The van der Waals surface area contributed by atoms with Gasteiger partial charge in [-0.15, -0.1) is 0 Å². The molecule has 2 unspecified atom stereocenters. The predicted octanol–water partition coefficient (Wildman–Crippen LogP) is 3.59. The molecular weight excluding hydrogens is 304 g/mol. The number of rotatable bonds is 5. The summed E-state index contributed by atoms with van der Waals surface area (Å²) in [5.41, 5.74) is 2.71. The molecule has 4 nitrogen and oxygen atoms in total. The molecular formula is C20H24O4. The number of hydrogen-bond acceptors (Lipinski definition) is 4. The van der Waals surface area contributed by atoms with Crippen LogP contribution in [0.15, 0.2) is 29.8 Å². The normalized spacial score (nSPS) is 23.0. The summed E-state index contributed by atoms with van der Waals surface area (Å²) in [7, 11) is 0. The first-order valence-electron chi connectivity index (χ1n) is 8.41. The second-order valence-electron chi connectivity index (χ2n) is 7.52. The van der Waals surface area contributed by atoms with E-state index in [4.69, 9.17) is 9.47 Å². The lowest BCUT2D eigenvalue weighted by atomic mass is 10.1. The van der Waals surface area contributed by atoms with Gasteiger partial charge in [-0.3, -0.25) is 9.59 Å². The summed E-state index contributed by atoms with van der Waals surface area (Å²) < 4.78 is 10.7. The highest BCUT2D eigenvalue weighted by Gasteiger charge is 2.61. The molecule has 1 aliphatic carbocycles. The molecule has 1 aliphatic heterocycles. The van der Waals surface area contributed by atoms with Crippen molar-refractivity contribution in [2.24, 2.45) is 17.3 Å². The summed E-state index contributed by atoms with van der Waals surface area (Å²) in [6.07, 6.45) is 2.94. The Hall–Kier alpha value is -2.10. The monoisotopic (exact) mass is 328 g/mol. The Balaban J connectivity index is 1.59. The van der Waals surface area contributed by atoms with Gasteiger partial charge in [0.15, 0.2) is 12.4 Å². The molecule has 1 saturated carbocycles. The molecule has 0 N–H and O–H groups in total. The highest BCUT2D eigenvalue weighted by atomic mass is 16.5. The lowest BCUT2D eigenvalue weighted by Gasteiger charge is -2.06. The zero-order valence-corrected chi connectivity index (χ0v) is 14.7. The Bertz CT molecular complexity index is 710. The first-order valence-corrected chi connectivity index (χ1v) is 8.41. The fourth-order valence-corrected chi connectivity index (χ4v) is 3.47. The second kappa shape index (κ2) is 6.08. The minimum atomic E-state index is -0.277. The molecule has 0 spiro atoms. The Morgan fingerprint density at radius 1 is 1.33 bits per heavy atom. The molecule has 1 heterocycles. The summed E-state index contributed by atoms with van der Waals surface area (Å²) in [6.45, 7) is 8.63. The van der Waals surface area contributed by atoms with Crippen molar-refractivity contribution in [3.05, 3.63) is 41.0 Å². The van der Waals surface area contributed by atoms with Gasteiger partial charge in [0, 0.05) is 12.0 Å². The van der Waals surface area contributed by atoms with E-state index in [2.05, 4.69) is 19.9 Å². The summed E-state index contributed by atoms with van der Waals surface area (Å²) in [5.74, 6) is 0.430. The maximum Gasteiger partial charge on any atom is 0.310 e. The van der Waals surface area contributed by atoms with Gasteiger partial charge in [-0.1, -0.05) is 25.5 Å². The van der Waals surface area contributed by atoms with Gasteiger partial charge in [-0.25, -0.2) is 0 Å². The lowest BCUT2D eigenvalue weighted by Crippen LogP contribution is -2.17. The van der Waals surface area contributed by atoms with Crippen LogP contribution in [0.2, 0.25) is 0 Å². The van der Waals surface area contributed by atoms with E-state index in [1.165, 1.54) is 5.57 Å². The number of Topliss-reactive ketones (excluding diaryl/α,β-unsaturated/α-hetero) is 1. The third-order valence-corrected chi connectivity index (χ3v) is 5.03. The number of carbonyl (C=O) groups excluding carboxylic acids is 2. The van der Waals surface area contributed by atoms with Crippen LogP contribution < -0.4 is 4.74 Å². The van der Waals surface area contributed by atoms with Crippen molar-refractivity contribution in [2.75, 3.05) is 13.2 Å². The molecule has 0 aromatic heterocycles. The van der Waals surface area contributed by atoms with Crippen LogP contribution >= 0.6 is 0 Å². The smallest absolute Gasteiger partial charge is 0.310 e. The maximum absolute atomic E-state index is 12.3. The number of allylic oxidation sites excluding steroid dienone is 2. The van der Waals surface area contributed by atoms with Crippen molar-refractivity contribution >= 4 is 11.8 Å². The van der Waals surface area contributed by atoms with E-state index < -0.39 is 0 Å². The van der Waals surface area contributed by atoms with Crippen molar-refractivity contribution in [3.63, 3.8) is 0 Å². The largest absolute Gasteiger partial charge is 0.493 e. The van der Waals surface area contributed by atoms with E-state index >= 15 is 0 Å². The highest BCUT2D eigenvalue weighted by molar-refractivity contribution is 5.98. The highest BCUT2D eigenvalue weighted by Crippen LogP contribution is 2.59. The van der Waals surface area contributed by atoms with E-state index in [1.54, 1.807) is 6.07 Å². The number of hydrogen-bond donors (Lipinski definition) is 0. The first kappa shape index (κ1) is 16.7. The molecule has 1 fully saturated rings. The number of ketones is 1. The van der Waals surface area contributed by atoms with Crippen molar-refractivity contribution in [2.45, 2.75) is 34.1 Å². The zero-order chi connectivity index (χ0) is 17.5. The average Bonchev–Trinajstić information content (AvgIpc) is 2.88. The fraction of sp³-hybridized carbons (Fsp3) is 0.500. The van der Waals surface area contributed by atoms with Gasteiger partial charge in [-0.2, -0.15) is 0 Å². The van der Waals surface area contributed by atoms with Crippen molar-refractivity contribution in [3.8, 4) is 5.75 Å². The number of carbonyl (C=O) groups is 2. The Morgan fingerprint density at radius 2 is 2.08 bits per heavy atom. The fourth-order valence-electron chi connectivity index (χ4n) is 3.47. The molecule has 0 amide bonds. The predicted molar refractivity (Wildman–Crippen MR) is 91.1 cm³/mol. The Morgan fingerprint density at radius 3 is 2.79 bits per heavy atom. The number of esters is 1. The molecule has 4 heteroatoms. The van der Waals surface area contributed by atoms with Crippen LogP contribution in [0.3, 0.4) is 0 Å². The van der Waals surface area contributed by atoms with Crippen LogP contribution in [0, 0.1) is 17.3 Å². The van der Waals surface area contributed by atoms with Gasteiger partial charge >= 0.3 is 5.97 Å². The van der Waals surface area contributed by atoms with Crippen molar-refractivity contribution in [1.29, 1.82) is 0 Å². The molecule has 3 rings (SSSR count). The van der Waals surface area contributed by atoms with Gasteiger partial charge in [0.2, 0.25) is 0 Å². The van der Waals surface area contributed by atoms with Crippen LogP contribution in [0.25, 0.3) is 0 Å². The van der Waals surface area contributed by atoms with Crippen molar-refractivity contribution in [1.82, 2.24) is 0 Å². The van der Waals surface area contributed by atoms with Crippen LogP contribution in [0.5, 0.6) is 5.75 Å². The first-order chi connectivity index (χ1) is 11.3. The lowest BCUT2D eigenvalue weighted by molar-refractivity contribution is -0.145. The van der Waals surface area contributed by atoms with Gasteiger partial charge in [-0.05, 0) is 48.9 Å². The minimum absolute atomic E-state index is 0.0949. The SMILES string of the molecule is CC(C)=CC1C(C(=O)OCC(=O)c2ccc3c(c2)CCO3)C1(C)C. The van der Waals surface area contributed by atoms with Gasteiger partial charge in [0.1, 0.15) is 5.75 Å². The van der Waals surface area contributed by atoms with E-state index in [-0.39, 0.29) is 35.6 Å². The topological polar surface area (TPSA) is 52.6 Å². The van der Waals surface area contributed by atoms with Crippen molar-refractivity contribution < 1.29 is 19.1 Å². The molecule has 24 heavy (non-hydrogen) atoms. The quantitative estimate of drug-likeness (QED) is 0.471. The minimum Gasteiger partial charge on any atom is -0.493 e. The Labute approximate surface area is 142 Å². The second-order valence-corrected chi connectivity index (χ2v) is 7.52. The summed E-state index contributed by atoms with van der Waals surface area (Å²) in [5, 5.41) is 0. The zero-order valence-electron chi connectivity index (χ0n) is 14.7. The van der Waals surface area contributed by atoms with Gasteiger partial charge in [0.25, 0.3) is 0 Å². The van der Waals surface area contributed by atoms with E-state index in [1.807, 2.05) is 26.0 Å². The summed E-state index contributed by atoms with van der Waals surface area (Å²) >= 11 is 0. The molecule has 1 aromatic rings. The summed E-state index contributed by atoms with van der Waals surface area (Å²) in [6, 6.07) is 5.38. The average molecular weight is 328 g/mol. The molecule has 1 aromatic carbocycles. The number of benzene rings is 1. The Kier molecular flexibility index (Phi) is 4.24. The van der Waals surface area contributed by atoms with Crippen LogP contribution in [0.4, 0.5) is 0 Å². The van der Waals surface area contributed by atoms with E-state index in [0.717, 1.165) is 17.7 Å². The maximum atomic E-state index is 12.3. The molecule has 2 aliphatic rings. The molecule has 2 atom stereocenters. The number of fused-ring (bicyclic) bond motifs is 1.